The molecule has 1 aliphatic heterocycles. The Morgan fingerprint density at radius 1 is 1.19 bits per heavy atom. The summed E-state index contributed by atoms with van der Waals surface area (Å²) in [7, 11) is -3.31. The normalized spacial score (nSPS) is 14.3. The first-order valence-corrected chi connectivity index (χ1v) is 11.3. The van der Waals surface area contributed by atoms with Gasteiger partial charge in [0.05, 0.1) is 15.1 Å². The summed E-state index contributed by atoms with van der Waals surface area (Å²) in [6, 6.07) is 12.9. The van der Waals surface area contributed by atoms with E-state index in [1.165, 1.54) is 28.5 Å². The molecule has 1 aliphatic rings. The fourth-order valence-electron chi connectivity index (χ4n) is 3.40. The van der Waals surface area contributed by atoms with Crippen LogP contribution in [0.1, 0.15) is 11.1 Å². The number of aromatic nitrogens is 1. The Labute approximate surface area is 161 Å². The largest absolute Gasteiger partial charge is 0.336 e. The van der Waals surface area contributed by atoms with E-state index in [2.05, 4.69) is 6.07 Å². The summed E-state index contributed by atoms with van der Waals surface area (Å²) in [4.78, 5) is 15.1. The molecule has 2 heterocycles. The number of sulfone groups is 1. The minimum Gasteiger partial charge on any atom is -0.336 e. The van der Waals surface area contributed by atoms with Gasteiger partial charge in [0.2, 0.25) is 5.91 Å². The molecular formula is C19H19N3O3S2. The van der Waals surface area contributed by atoms with Crippen LogP contribution in [-0.2, 0) is 34.1 Å². The van der Waals surface area contributed by atoms with Crippen LogP contribution in [0.4, 0.5) is 0 Å². The van der Waals surface area contributed by atoms with E-state index in [1.807, 2.05) is 23.1 Å². The van der Waals surface area contributed by atoms with Crippen molar-refractivity contribution in [3.63, 3.8) is 0 Å². The molecule has 0 fully saturated rings. The molecule has 0 saturated carbocycles. The highest BCUT2D eigenvalue weighted by molar-refractivity contribution is 7.90. The van der Waals surface area contributed by atoms with Crippen LogP contribution in [0.5, 0.6) is 0 Å². The lowest BCUT2D eigenvalue weighted by Gasteiger charge is -2.29. The van der Waals surface area contributed by atoms with Gasteiger partial charge in [-0.2, -0.15) is 0 Å². The number of thiazole rings is 1. The van der Waals surface area contributed by atoms with E-state index < -0.39 is 9.84 Å². The van der Waals surface area contributed by atoms with E-state index in [4.69, 9.17) is 5.41 Å². The summed E-state index contributed by atoms with van der Waals surface area (Å²) >= 11 is 1.18. The third-order valence-corrected chi connectivity index (χ3v) is 6.95. The average Bonchev–Trinajstić information content (AvgIpc) is 2.95. The fraction of sp³-hybridized carbons (Fsp3) is 0.263. The molecule has 0 unspecified atom stereocenters. The van der Waals surface area contributed by atoms with Crippen molar-refractivity contribution in [2.24, 2.45) is 0 Å². The Bertz CT molecular complexity index is 1210. The maximum absolute atomic E-state index is 12.8. The number of amides is 1. The number of hydrogen-bond acceptors (Lipinski definition) is 5. The van der Waals surface area contributed by atoms with Crippen LogP contribution < -0.4 is 4.80 Å². The Kier molecular flexibility index (Phi) is 4.39. The van der Waals surface area contributed by atoms with Crippen molar-refractivity contribution < 1.29 is 13.2 Å². The van der Waals surface area contributed by atoms with Gasteiger partial charge in [-0.3, -0.25) is 10.2 Å². The predicted molar refractivity (Wildman–Crippen MR) is 104 cm³/mol. The van der Waals surface area contributed by atoms with Crippen molar-refractivity contribution in [2.75, 3.05) is 12.8 Å². The summed E-state index contributed by atoms with van der Waals surface area (Å²) in [6.45, 7) is 1.34. The van der Waals surface area contributed by atoms with Crippen LogP contribution in [0.2, 0.25) is 0 Å². The molecule has 8 heteroatoms. The SMILES string of the molecule is CS(=O)(=O)c1ccc2c(c1)sc(=N)n2CC(=O)N1CCc2ccccc2C1. The lowest BCUT2D eigenvalue weighted by atomic mass is 10.00. The van der Waals surface area contributed by atoms with Crippen molar-refractivity contribution in [1.29, 1.82) is 5.41 Å². The van der Waals surface area contributed by atoms with Crippen LogP contribution in [0.25, 0.3) is 10.2 Å². The molecule has 0 saturated heterocycles. The van der Waals surface area contributed by atoms with Crippen molar-refractivity contribution in [3.05, 3.63) is 58.4 Å². The lowest BCUT2D eigenvalue weighted by molar-refractivity contribution is -0.132. The van der Waals surface area contributed by atoms with Gasteiger partial charge in [-0.15, -0.1) is 0 Å². The maximum Gasteiger partial charge on any atom is 0.242 e. The van der Waals surface area contributed by atoms with Gasteiger partial charge >= 0.3 is 0 Å². The molecule has 0 spiro atoms. The Morgan fingerprint density at radius 2 is 1.93 bits per heavy atom. The number of carbonyl (C=O) groups is 1. The zero-order valence-electron chi connectivity index (χ0n) is 14.8. The number of fused-ring (bicyclic) bond motifs is 2. The third kappa shape index (κ3) is 3.42. The van der Waals surface area contributed by atoms with Crippen LogP contribution in [0.15, 0.2) is 47.4 Å². The molecule has 1 aromatic heterocycles. The van der Waals surface area contributed by atoms with Crippen LogP contribution in [0, 0.1) is 5.41 Å². The first-order valence-electron chi connectivity index (χ1n) is 8.55. The van der Waals surface area contributed by atoms with Crippen molar-refractivity contribution in [2.45, 2.75) is 24.4 Å². The second-order valence-corrected chi connectivity index (χ2v) is 9.78. The minimum absolute atomic E-state index is 0.0325. The maximum atomic E-state index is 12.8. The van der Waals surface area contributed by atoms with E-state index in [-0.39, 0.29) is 22.1 Å². The zero-order valence-corrected chi connectivity index (χ0v) is 16.4. The fourth-order valence-corrected chi connectivity index (χ4v) is 5.07. The summed E-state index contributed by atoms with van der Waals surface area (Å²) in [5, 5.41) is 8.21. The summed E-state index contributed by atoms with van der Waals surface area (Å²) in [6.07, 6.45) is 2.00. The van der Waals surface area contributed by atoms with Gasteiger partial charge in [0.25, 0.3) is 0 Å². The topological polar surface area (TPSA) is 83.2 Å². The minimum atomic E-state index is -3.31. The van der Waals surface area contributed by atoms with Gasteiger partial charge in [-0.05, 0) is 35.7 Å². The Morgan fingerprint density at radius 3 is 2.67 bits per heavy atom. The van der Waals surface area contributed by atoms with Crippen molar-refractivity contribution >= 4 is 37.3 Å². The first kappa shape index (κ1) is 17.9. The number of nitrogens with zero attached hydrogens (tertiary/aromatic N) is 2. The van der Waals surface area contributed by atoms with E-state index in [0.29, 0.717) is 23.3 Å². The van der Waals surface area contributed by atoms with Gasteiger partial charge in [-0.1, -0.05) is 35.6 Å². The molecule has 3 aromatic rings. The number of nitrogens with one attached hydrogen (secondary N) is 1. The van der Waals surface area contributed by atoms with E-state index >= 15 is 0 Å². The van der Waals surface area contributed by atoms with Gasteiger partial charge in [-0.25, -0.2) is 8.42 Å². The second-order valence-electron chi connectivity index (χ2n) is 6.73. The van der Waals surface area contributed by atoms with E-state index in [0.717, 1.165) is 12.7 Å². The molecule has 1 N–H and O–H groups in total. The second kappa shape index (κ2) is 6.61. The molecule has 27 heavy (non-hydrogen) atoms. The molecule has 0 radical (unpaired) electrons. The van der Waals surface area contributed by atoms with E-state index in [1.54, 1.807) is 16.7 Å². The summed E-state index contributed by atoms with van der Waals surface area (Å²) in [5.74, 6) is -0.0325. The van der Waals surface area contributed by atoms with Crippen LogP contribution in [-0.4, -0.2) is 36.6 Å². The summed E-state index contributed by atoms with van der Waals surface area (Å²) < 4.78 is 25.8. The van der Waals surface area contributed by atoms with Gasteiger partial charge < -0.3 is 9.47 Å². The number of rotatable bonds is 3. The first-order chi connectivity index (χ1) is 12.8. The number of benzene rings is 2. The predicted octanol–water partition coefficient (Wildman–Crippen LogP) is 2.17. The number of hydrogen-bond donors (Lipinski definition) is 1. The molecule has 1 amide bonds. The molecule has 6 nitrogen and oxygen atoms in total. The van der Waals surface area contributed by atoms with Crippen LogP contribution in [0.3, 0.4) is 0 Å². The molecule has 2 aromatic carbocycles. The standard InChI is InChI=1S/C19H19N3O3S2/c1-27(24,25)15-6-7-16-17(10-15)26-19(20)22(16)12-18(23)21-9-8-13-4-2-3-5-14(13)11-21/h2-7,10,20H,8-9,11-12H2,1H3. The van der Waals surface area contributed by atoms with Crippen molar-refractivity contribution in [1.82, 2.24) is 9.47 Å². The summed E-state index contributed by atoms with van der Waals surface area (Å²) in [5.41, 5.74) is 3.16. The molecule has 0 bridgehead atoms. The van der Waals surface area contributed by atoms with Gasteiger partial charge in [0.1, 0.15) is 6.54 Å². The number of carbonyl (C=O) groups excluding carboxylic acids is 1. The van der Waals surface area contributed by atoms with Gasteiger partial charge in [0.15, 0.2) is 14.6 Å². The highest BCUT2D eigenvalue weighted by Gasteiger charge is 2.21. The monoisotopic (exact) mass is 401 g/mol. The molecule has 0 aliphatic carbocycles. The molecule has 140 valence electrons. The molecule has 4 rings (SSSR count). The lowest BCUT2D eigenvalue weighted by Crippen LogP contribution is -2.39. The Hall–Kier alpha value is -2.45. The highest BCUT2D eigenvalue weighted by atomic mass is 32.2. The quantitative estimate of drug-likeness (QED) is 0.730. The average molecular weight is 402 g/mol. The van der Waals surface area contributed by atoms with E-state index in [9.17, 15) is 13.2 Å². The van der Waals surface area contributed by atoms with Crippen molar-refractivity contribution in [3.8, 4) is 0 Å². The molecule has 0 atom stereocenters. The highest BCUT2D eigenvalue weighted by Crippen LogP contribution is 2.23. The Balaban J connectivity index is 1.61. The zero-order chi connectivity index (χ0) is 19.2. The van der Waals surface area contributed by atoms with Gasteiger partial charge in [0, 0.05) is 19.3 Å². The molecular weight excluding hydrogens is 382 g/mol. The smallest absolute Gasteiger partial charge is 0.242 e. The van der Waals surface area contributed by atoms with Crippen LogP contribution >= 0.6 is 11.3 Å². The third-order valence-electron chi connectivity index (χ3n) is 4.88.